The summed E-state index contributed by atoms with van der Waals surface area (Å²) >= 11 is 4.87. The van der Waals surface area contributed by atoms with Crippen LogP contribution in [0.1, 0.15) is 16.8 Å². The lowest BCUT2D eigenvalue weighted by Gasteiger charge is -1.97. The molecule has 0 bridgehead atoms. The lowest BCUT2D eigenvalue weighted by atomic mass is 10.1. The standard InChI is InChI=1S/C13H9N3OS/c14-8-10-11(15-13(18)16-12(10)17)7-6-9-4-2-1-3-5-9/h1-7H,(H2,15,16,17,18)/b7-6+. The molecule has 1 aromatic heterocycles. The molecule has 0 saturated carbocycles. The molecule has 18 heavy (non-hydrogen) atoms. The Morgan fingerprint density at radius 3 is 2.56 bits per heavy atom. The summed E-state index contributed by atoms with van der Waals surface area (Å²) in [5.74, 6) is 0. The minimum Gasteiger partial charge on any atom is -0.331 e. The number of nitrogens with zero attached hydrogens (tertiary/aromatic N) is 1. The second kappa shape index (κ2) is 5.25. The Labute approximate surface area is 108 Å². The van der Waals surface area contributed by atoms with Crippen LogP contribution in [0.2, 0.25) is 0 Å². The summed E-state index contributed by atoms with van der Waals surface area (Å²) in [6.45, 7) is 0. The molecule has 0 amide bonds. The van der Waals surface area contributed by atoms with Crippen molar-refractivity contribution in [2.45, 2.75) is 0 Å². The van der Waals surface area contributed by atoms with Gasteiger partial charge in [-0.1, -0.05) is 36.4 Å². The van der Waals surface area contributed by atoms with Gasteiger partial charge in [-0.25, -0.2) is 0 Å². The van der Waals surface area contributed by atoms with E-state index in [0.717, 1.165) is 5.56 Å². The summed E-state index contributed by atoms with van der Waals surface area (Å²) < 4.78 is 0.201. The zero-order chi connectivity index (χ0) is 13.0. The number of nitriles is 1. The van der Waals surface area contributed by atoms with Crippen molar-refractivity contribution in [2.24, 2.45) is 0 Å². The summed E-state index contributed by atoms with van der Waals surface area (Å²) in [5, 5.41) is 8.93. The first kappa shape index (κ1) is 12.0. The van der Waals surface area contributed by atoms with Crippen LogP contribution in [0.3, 0.4) is 0 Å². The Balaban J connectivity index is 2.48. The van der Waals surface area contributed by atoms with Crippen LogP contribution in [0.4, 0.5) is 0 Å². The zero-order valence-corrected chi connectivity index (χ0v) is 10.1. The smallest absolute Gasteiger partial charge is 0.270 e. The summed E-state index contributed by atoms with van der Waals surface area (Å²) in [6.07, 6.45) is 3.47. The summed E-state index contributed by atoms with van der Waals surface area (Å²) in [4.78, 5) is 16.7. The van der Waals surface area contributed by atoms with Gasteiger partial charge in [0.15, 0.2) is 4.77 Å². The second-order valence-electron chi connectivity index (χ2n) is 3.55. The molecule has 0 saturated heterocycles. The average molecular weight is 255 g/mol. The zero-order valence-electron chi connectivity index (χ0n) is 9.31. The highest BCUT2D eigenvalue weighted by molar-refractivity contribution is 7.71. The number of rotatable bonds is 2. The van der Waals surface area contributed by atoms with E-state index < -0.39 is 5.56 Å². The number of hydrogen-bond acceptors (Lipinski definition) is 3. The number of benzene rings is 1. The maximum atomic E-state index is 11.5. The topological polar surface area (TPSA) is 72.4 Å². The number of aromatic nitrogens is 2. The van der Waals surface area contributed by atoms with E-state index in [9.17, 15) is 4.79 Å². The van der Waals surface area contributed by atoms with Crippen molar-refractivity contribution in [3.05, 3.63) is 62.3 Å². The van der Waals surface area contributed by atoms with Crippen LogP contribution in [0.15, 0.2) is 35.1 Å². The average Bonchev–Trinajstić information content (AvgIpc) is 2.37. The van der Waals surface area contributed by atoms with Crippen molar-refractivity contribution in [1.82, 2.24) is 9.97 Å². The van der Waals surface area contributed by atoms with Crippen LogP contribution in [0, 0.1) is 16.1 Å². The maximum Gasteiger partial charge on any atom is 0.270 e. The van der Waals surface area contributed by atoms with Gasteiger partial charge in [0.2, 0.25) is 0 Å². The highest BCUT2D eigenvalue weighted by Crippen LogP contribution is 2.07. The molecule has 0 aliphatic rings. The molecular formula is C13H9N3OS. The Kier molecular flexibility index (Phi) is 3.51. The van der Waals surface area contributed by atoms with E-state index in [4.69, 9.17) is 17.5 Å². The fourth-order valence-electron chi connectivity index (χ4n) is 1.48. The molecule has 5 heteroatoms. The van der Waals surface area contributed by atoms with E-state index in [-0.39, 0.29) is 10.3 Å². The van der Waals surface area contributed by atoms with Crippen LogP contribution < -0.4 is 5.56 Å². The largest absolute Gasteiger partial charge is 0.331 e. The van der Waals surface area contributed by atoms with Gasteiger partial charge >= 0.3 is 0 Å². The summed E-state index contributed by atoms with van der Waals surface area (Å²) in [6, 6.07) is 11.4. The number of nitrogens with one attached hydrogen (secondary N) is 2. The predicted octanol–water partition coefficient (Wildman–Crippen LogP) is 2.47. The van der Waals surface area contributed by atoms with Crippen molar-refractivity contribution in [2.75, 3.05) is 0 Å². The first-order valence-electron chi connectivity index (χ1n) is 5.20. The quantitative estimate of drug-likeness (QED) is 0.810. The highest BCUT2D eigenvalue weighted by atomic mass is 32.1. The van der Waals surface area contributed by atoms with Gasteiger partial charge in [-0.2, -0.15) is 5.26 Å². The van der Waals surface area contributed by atoms with E-state index in [1.807, 2.05) is 36.4 Å². The van der Waals surface area contributed by atoms with Gasteiger partial charge in [-0.3, -0.25) is 9.78 Å². The van der Waals surface area contributed by atoms with Crippen molar-refractivity contribution >= 4 is 24.4 Å². The van der Waals surface area contributed by atoms with Gasteiger partial charge in [0.1, 0.15) is 11.6 Å². The van der Waals surface area contributed by atoms with E-state index in [2.05, 4.69) is 9.97 Å². The molecule has 0 unspecified atom stereocenters. The van der Waals surface area contributed by atoms with Crippen molar-refractivity contribution in [3.8, 4) is 6.07 Å². The Bertz CT molecular complexity index is 735. The monoisotopic (exact) mass is 255 g/mol. The molecule has 1 aromatic carbocycles. The normalized spacial score (nSPS) is 10.4. The van der Waals surface area contributed by atoms with Crippen molar-refractivity contribution in [1.29, 1.82) is 5.26 Å². The fourth-order valence-corrected chi connectivity index (χ4v) is 1.69. The number of H-pyrrole nitrogens is 2. The van der Waals surface area contributed by atoms with Gasteiger partial charge in [0.05, 0.1) is 5.69 Å². The minimum atomic E-state index is -0.478. The molecular weight excluding hydrogens is 246 g/mol. The molecule has 1 heterocycles. The Morgan fingerprint density at radius 1 is 1.17 bits per heavy atom. The predicted molar refractivity (Wildman–Crippen MR) is 72.3 cm³/mol. The maximum absolute atomic E-state index is 11.5. The molecule has 0 atom stereocenters. The van der Waals surface area contributed by atoms with Crippen LogP contribution >= 0.6 is 12.2 Å². The van der Waals surface area contributed by atoms with Gasteiger partial charge in [0, 0.05) is 0 Å². The third-order valence-corrected chi connectivity index (χ3v) is 2.53. The fraction of sp³-hybridized carbons (Fsp3) is 0. The molecule has 0 aliphatic carbocycles. The SMILES string of the molecule is N#Cc1c(/C=C/c2ccccc2)[nH]c(=S)[nH]c1=O. The molecule has 2 N–H and O–H groups in total. The number of aromatic amines is 2. The molecule has 4 nitrogen and oxygen atoms in total. The highest BCUT2D eigenvalue weighted by Gasteiger charge is 2.04. The summed E-state index contributed by atoms with van der Waals surface area (Å²) in [5.41, 5.74) is 0.931. The van der Waals surface area contributed by atoms with E-state index in [0.29, 0.717) is 5.69 Å². The van der Waals surface area contributed by atoms with Crippen LogP contribution in [0.5, 0.6) is 0 Å². The molecule has 88 valence electrons. The van der Waals surface area contributed by atoms with Crippen molar-refractivity contribution in [3.63, 3.8) is 0 Å². The molecule has 2 aromatic rings. The summed E-state index contributed by atoms with van der Waals surface area (Å²) in [7, 11) is 0. The lowest BCUT2D eigenvalue weighted by molar-refractivity contribution is 1.06. The third kappa shape index (κ3) is 2.62. The molecule has 0 fully saturated rings. The first-order valence-corrected chi connectivity index (χ1v) is 5.61. The molecule has 0 aliphatic heterocycles. The van der Waals surface area contributed by atoms with Crippen molar-refractivity contribution < 1.29 is 0 Å². The third-order valence-electron chi connectivity index (χ3n) is 2.33. The van der Waals surface area contributed by atoms with Crippen LogP contribution in [-0.2, 0) is 0 Å². The van der Waals surface area contributed by atoms with Gasteiger partial charge in [-0.15, -0.1) is 0 Å². The lowest BCUT2D eigenvalue weighted by Crippen LogP contribution is -2.13. The van der Waals surface area contributed by atoms with E-state index in [1.54, 1.807) is 12.2 Å². The van der Waals surface area contributed by atoms with Crippen LogP contribution in [0.25, 0.3) is 12.2 Å². The van der Waals surface area contributed by atoms with Gasteiger partial charge in [0.25, 0.3) is 5.56 Å². The van der Waals surface area contributed by atoms with E-state index >= 15 is 0 Å². The Morgan fingerprint density at radius 2 is 1.89 bits per heavy atom. The Hall–Kier alpha value is -2.45. The van der Waals surface area contributed by atoms with Gasteiger partial charge < -0.3 is 4.98 Å². The van der Waals surface area contributed by atoms with Crippen LogP contribution in [-0.4, -0.2) is 9.97 Å². The first-order chi connectivity index (χ1) is 8.70. The minimum absolute atomic E-state index is 0.0239. The number of hydrogen-bond donors (Lipinski definition) is 2. The molecule has 2 rings (SSSR count). The second-order valence-corrected chi connectivity index (χ2v) is 3.96. The van der Waals surface area contributed by atoms with Gasteiger partial charge in [-0.05, 0) is 23.9 Å². The molecule has 0 radical (unpaired) electrons. The van der Waals surface area contributed by atoms with E-state index in [1.165, 1.54) is 0 Å². The molecule has 0 spiro atoms.